The first-order valence-electron chi connectivity index (χ1n) is 11.6. The molecule has 0 saturated carbocycles. The summed E-state index contributed by atoms with van der Waals surface area (Å²) in [6, 6.07) is 17.4. The highest BCUT2D eigenvalue weighted by atomic mass is 16.5. The molecule has 35 heavy (non-hydrogen) atoms. The van der Waals surface area contributed by atoms with E-state index >= 15 is 0 Å². The van der Waals surface area contributed by atoms with Crippen LogP contribution < -0.4 is 14.8 Å². The molecule has 2 heterocycles. The Morgan fingerprint density at radius 2 is 1.80 bits per heavy atom. The number of ether oxygens (including phenoxy) is 2. The lowest BCUT2D eigenvalue weighted by molar-refractivity contribution is 0.0939. The second kappa shape index (κ2) is 10.9. The molecule has 7 heteroatoms. The maximum absolute atomic E-state index is 13.2. The standard InChI is InChI=1S/C28H30N4O3/c1-5-25-24(17-30-32(25)23-9-6-19(2)7-10-23)28(33)31-20(3)22-8-11-26(27(16-22)34-4)35-18-21-12-14-29-15-13-21/h6-17,20H,5,18H2,1-4H3,(H,31,33). The fourth-order valence-corrected chi connectivity index (χ4v) is 3.88. The number of amides is 1. The van der Waals surface area contributed by atoms with Crippen molar-refractivity contribution in [1.29, 1.82) is 0 Å². The number of carbonyl (C=O) groups excluding carboxylic acids is 1. The molecule has 4 rings (SSSR count). The summed E-state index contributed by atoms with van der Waals surface area (Å²) < 4.78 is 13.3. The van der Waals surface area contributed by atoms with Gasteiger partial charge >= 0.3 is 0 Å². The molecule has 1 unspecified atom stereocenters. The van der Waals surface area contributed by atoms with Gasteiger partial charge in [-0.05, 0) is 67.8 Å². The third-order valence-electron chi connectivity index (χ3n) is 5.91. The van der Waals surface area contributed by atoms with Crippen LogP contribution in [0.1, 0.15) is 52.6 Å². The van der Waals surface area contributed by atoms with E-state index in [1.165, 1.54) is 5.56 Å². The van der Waals surface area contributed by atoms with E-state index in [2.05, 4.69) is 15.4 Å². The van der Waals surface area contributed by atoms with Crippen LogP contribution >= 0.6 is 0 Å². The van der Waals surface area contributed by atoms with Crippen molar-refractivity contribution < 1.29 is 14.3 Å². The minimum Gasteiger partial charge on any atom is -0.493 e. The summed E-state index contributed by atoms with van der Waals surface area (Å²) in [5, 5.41) is 7.58. The van der Waals surface area contributed by atoms with Crippen LogP contribution in [0, 0.1) is 6.92 Å². The zero-order valence-electron chi connectivity index (χ0n) is 20.5. The molecule has 0 aliphatic rings. The van der Waals surface area contributed by atoms with Crippen LogP contribution in [0.4, 0.5) is 0 Å². The molecule has 0 fully saturated rings. The molecule has 2 aromatic carbocycles. The number of hydrogen-bond donors (Lipinski definition) is 1. The van der Waals surface area contributed by atoms with Gasteiger partial charge in [0, 0.05) is 12.4 Å². The predicted molar refractivity (Wildman–Crippen MR) is 135 cm³/mol. The van der Waals surface area contributed by atoms with Crippen molar-refractivity contribution in [2.24, 2.45) is 0 Å². The van der Waals surface area contributed by atoms with Crippen LogP contribution in [0.25, 0.3) is 5.69 Å². The van der Waals surface area contributed by atoms with Gasteiger partial charge in [0.25, 0.3) is 5.91 Å². The number of carbonyl (C=O) groups is 1. The fourth-order valence-electron chi connectivity index (χ4n) is 3.88. The van der Waals surface area contributed by atoms with E-state index in [0.717, 1.165) is 22.5 Å². The third kappa shape index (κ3) is 5.51. The maximum atomic E-state index is 13.2. The SMILES string of the molecule is CCc1c(C(=O)NC(C)c2ccc(OCc3ccncc3)c(OC)c2)cnn1-c1ccc(C)cc1. The van der Waals surface area contributed by atoms with Gasteiger partial charge in [-0.15, -0.1) is 0 Å². The summed E-state index contributed by atoms with van der Waals surface area (Å²) in [5.74, 6) is 1.09. The Kier molecular flexibility index (Phi) is 7.45. The second-order valence-electron chi connectivity index (χ2n) is 8.36. The minimum atomic E-state index is -0.238. The van der Waals surface area contributed by atoms with Crippen molar-refractivity contribution in [1.82, 2.24) is 20.1 Å². The number of aromatic nitrogens is 3. The highest BCUT2D eigenvalue weighted by Crippen LogP contribution is 2.31. The number of methoxy groups -OCH3 is 1. The van der Waals surface area contributed by atoms with Crippen LogP contribution in [-0.4, -0.2) is 27.8 Å². The Morgan fingerprint density at radius 1 is 1.06 bits per heavy atom. The van der Waals surface area contributed by atoms with Crippen molar-refractivity contribution >= 4 is 5.91 Å². The largest absolute Gasteiger partial charge is 0.493 e. The predicted octanol–water partition coefficient (Wildman–Crippen LogP) is 5.22. The summed E-state index contributed by atoms with van der Waals surface area (Å²) in [4.78, 5) is 17.2. The average Bonchev–Trinajstić information content (AvgIpc) is 3.32. The smallest absolute Gasteiger partial charge is 0.255 e. The van der Waals surface area contributed by atoms with Crippen molar-refractivity contribution in [3.63, 3.8) is 0 Å². The fraction of sp³-hybridized carbons (Fsp3) is 0.250. The first kappa shape index (κ1) is 24.0. The maximum Gasteiger partial charge on any atom is 0.255 e. The number of nitrogens with zero attached hydrogens (tertiary/aromatic N) is 3. The van der Waals surface area contributed by atoms with Gasteiger partial charge in [-0.3, -0.25) is 9.78 Å². The molecule has 1 amide bonds. The molecular formula is C28H30N4O3. The highest BCUT2D eigenvalue weighted by Gasteiger charge is 2.20. The lowest BCUT2D eigenvalue weighted by Gasteiger charge is -2.17. The lowest BCUT2D eigenvalue weighted by atomic mass is 10.1. The summed E-state index contributed by atoms with van der Waals surface area (Å²) in [5.41, 5.74) is 5.49. The van der Waals surface area contributed by atoms with Gasteiger partial charge in [0.2, 0.25) is 0 Å². The van der Waals surface area contributed by atoms with Crippen molar-refractivity contribution in [2.75, 3.05) is 7.11 Å². The molecular weight excluding hydrogens is 440 g/mol. The topological polar surface area (TPSA) is 78.3 Å². The Hall–Kier alpha value is -4.13. The number of rotatable bonds is 9. The van der Waals surface area contributed by atoms with E-state index in [4.69, 9.17) is 9.47 Å². The number of aryl methyl sites for hydroxylation is 1. The molecule has 0 bridgehead atoms. The van der Waals surface area contributed by atoms with Crippen LogP contribution in [0.3, 0.4) is 0 Å². The van der Waals surface area contributed by atoms with Crippen LogP contribution in [0.2, 0.25) is 0 Å². The van der Waals surface area contributed by atoms with Crippen molar-refractivity contribution in [2.45, 2.75) is 39.8 Å². The molecule has 1 atom stereocenters. The van der Waals surface area contributed by atoms with Gasteiger partial charge in [-0.2, -0.15) is 5.10 Å². The number of nitrogens with one attached hydrogen (secondary N) is 1. The van der Waals surface area contributed by atoms with Crippen molar-refractivity contribution in [3.05, 3.63) is 101 Å². The lowest BCUT2D eigenvalue weighted by Crippen LogP contribution is -2.27. The monoisotopic (exact) mass is 470 g/mol. The van der Waals surface area contributed by atoms with Gasteiger partial charge in [-0.1, -0.05) is 30.7 Å². The zero-order valence-corrected chi connectivity index (χ0v) is 20.5. The Morgan fingerprint density at radius 3 is 2.49 bits per heavy atom. The van der Waals surface area contributed by atoms with Gasteiger partial charge < -0.3 is 14.8 Å². The molecule has 0 radical (unpaired) electrons. The Bertz CT molecular complexity index is 1280. The molecule has 0 aliphatic heterocycles. The molecule has 7 nitrogen and oxygen atoms in total. The summed E-state index contributed by atoms with van der Waals surface area (Å²) >= 11 is 0. The molecule has 0 spiro atoms. The van der Waals surface area contributed by atoms with E-state index in [0.29, 0.717) is 30.1 Å². The quantitative estimate of drug-likeness (QED) is 0.363. The van der Waals surface area contributed by atoms with E-state index in [-0.39, 0.29) is 11.9 Å². The molecule has 0 saturated heterocycles. The van der Waals surface area contributed by atoms with E-state index < -0.39 is 0 Å². The number of benzene rings is 2. The second-order valence-corrected chi connectivity index (χ2v) is 8.36. The first-order chi connectivity index (χ1) is 17.0. The van der Waals surface area contributed by atoms with Gasteiger partial charge in [0.1, 0.15) is 6.61 Å². The van der Waals surface area contributed by atoms with Gasteiger partial charge in [0.05, 0.1) is 36.3 Å². The molecule has 180 valence electrons. The zero-order chi connectivity index (χ0) is 24.8. The summed E-state index contributed by atoms with van der Waals surface area (Å²) in [6.45, 7) is 6.43. The van der Waals surface area contributed by atoms with Crippen LogP contribution in [0.15, 0.2) is 73.2 Å². The normalized spacial score (nSPS) is 11.7. The molecule has 1 N–H and O–H groups in total. The van der Waals surface area contributed by atoms with Crippen LogP contribution in [-0.2, 0) is 13.0 Å². The summed E-state index contributed by atoms with van der Waals surface area (Å²) in [6.07, 6.45) is 5.79. The van der Waals surface area contributed by atoms with E-state index in [1.54, 1.807) is 25.7 Å². The first-order valence-corrected chi connectivity index (χ1v) is 11.6. The van der Waals surface area contributed by atoms with E-state index in [9.17, 15) is 4.79 Å². The number of pyridine rings is 1. The van der Waals surface area contributed by atoms with Crippen molar-refractivity contribution in [3.8, 4) is 17.2 Å². The summed E-state index contributed by atoms with van der Waals surface area (Å²) in [7, 11) is 1.61. The number of hydrogen-bond acceptors (Lipinski definition) is 5. The Balaban J connectivity index is 1.48. The third-order valence-corrected chi connectivity index (χ3v) is 5.91. The molecule has 4 aromatic rings. The minimum absolute atomic E-state index is 0.162. The highest BCUT2D eigenvalue weighted by molar-refractivity contribution is 5.95. The van der Waals surface area contributed by atoms with Gasteiger partial charge in [-0.25, -0.2) is 4.68 Å². The average molecular weight is 471 g/mol. The molecule has 2 aromatic heterocycles. The van der Waals surface area contributed by atoms with Crippen LogP contribution in [0.5, 0.6) is 11.5 Å². The Labute approximate surface area is 205 Å². The van der Waals surface area contributed by atoms with Gasteiger partial charge in [0.15, 0.2) is 11.5 Å². The molecule has 0 aliphatic carbocycles. The van der Waals surface area contributed by atoms with E-state index in [1.807, 2.05) is 80.1 Å².